The largest absolute Gasteiger partial charge is 0.324 e. The van der Waals surface area contributed by atoms with Crippen molar-refractivity contribution in [2.45, 2.75) is 25.3 Å². The molecule has 0 spiro atoms. The van der Waals surface area contributed by atoms with Gasteiger partial charge in [0.05, 0.1) is 5.02 Å². The summed E-state index contributed by atoms with van der Waals surface area (Å²) in [6, 6.07) is 4.83. The molecule has 1 aliphatic rings. The van der Waals surface area contributed by atoms with Crippen LogP contribution in [-0.4, -0.2) is 0 Å². The summed E-state index contributed by atoms with van der Waals surface area (Å²) in [6.45, 7) is 0. The van der Waals surface area contributed by atoms with Gasteiger partial charge in [0, 0.05) is 11.6 Å². The predicted molar refractivity (Wildman–Crippen MR) is 55.7 cm³/mol. The Kier molecular flexibility index (Phi) is 2.75. The second-order valence-electron chi connectivity index (χ2n) is 3.86. The zero-order chi connectivity index (χ0) is 10.1. The molecular formula is C11H13ClFN. The highest BCUT2D eigenvalue weighted by Crippen LogP contribution is 2.37. The molecule has 0 bridgehead atoms. The highest BCUT2D eigenvalue weighted by Gasteiger charge is 2.27. The second-order valence-corrected chi connectivity index (χ2v) is 4.27. The van der Waals surface area contributed by atoms with Crippen molar-refractivity contribution >= 4 is 11.6 Å². The molecule has 1 atom stereocenters. The molecule has 76 valence electrons. The molecule has 0 unspecified atom stereocenters. The van der Waals surface area contributed by atoms with E-state index in [1.807, 2.05) is 0 Å². The van der Waals surface area contributed by atoms with E-state index in [-0.39, 0.29) is 16.9 Å². The van der Waals surface area contributed by atoms with E-state index in [1.165, 1.54) is 6.42 Å². The molecule has 0 aromatic heterocycles. The molecule has 1 aromatic rings. The fraction of sp³-hybridized carbons (Fsp3) is 0.455. The molecule has 2 rings (SSSR count). The highest BCUT2D eigenvalue weighted by molar-refractivity contribution is 6.30. The van der Waals surface area contributed by atoms with Crippen LogP contribution in [0.15, 0.2) is 18.2 Å². The number of rotatable bonds is 2. The first-order valence-corrected chi connectivity index (χ1v) is 5.27. The van der Waals surface area contributed by atoms with Crippen LogP contribution in [0.25, 0.3) is 0 Å². The SMILES string of the molecule is N[C@@H](c1cccc(Cl)c1F)C1CCC1. The van der Waals surface area contributed by atoms with E-state index in [4.69, 9.17) is 17.3 Å². The predicted octanol–water partition coefficient (Wildman–Crippen LogP) is 3.28. The Bertz CT molecular complexity index is 336. The third-order valence-corrected chi connectivity index (χ3v) is 3.29. The van der Waals surface area contributed by atoms with E-state index in [1.54, 1.807) is 18.2 Å². The zero-order valence-corrected chi connectivity index (χ0v) is 8.60. The minimum atomic E-state index is -0.353. The zero-order valence-electron chi connectivity index (χ0n) is 7.84. The maximum Gasteiger partial charge on any atom is 0.146 e. The van der Waals surface area contributed by atoms with Crippen LogP contribution in [0.4, 0.5) is 4.39 Å². The van der Waals surface area contributed by atoms with Gasteiger partial charge in [-0.3, -0.25) is 0 Å². The minimum Gasteiger partial charge on any atom is -0.324 e. The number of hydrogen-bond donors (Lipinski definition) is 1. The van der Waals surface area contributed by atoms with Crippen molar-refractivity contribution in [2.24, 2.45) is 11.7 Å². The van der Waals surface area contributed by atoms with E-state index in [0.717, 1.165) is 12.8 Å². The van der Waals surface area contributed by atoms with Gasteiger partial charge in [0.25, 0.3) is 0 Å². The van der Waals surface area contributed by atoms with E-state index >= 15 is 0 Å². The molecule has 0 amide bonds. The van der Waals surface area contributed by atoms with E-state index in [2.05, 4.69) is 0 Å². The van der Waals surface area contributed by atoms with Crippen LogP contribution in [0.2, 0.25) is 5.02 Å². The van der Waals surface area contributed by atoms with Crippen molar-refractivity contribution < 1.29 is 4.39 Å². The van der Waals surface area contributed by atoms with Crippen molar-refractivity contribution in [2.75, 3.05) is 0 Å². The molecule has 1 nitrogen and oxygen atoms in total. The van der Waals surface area contributed by atoms with Gasteiger partial charge < -0.3 is 5.73 Å². The fourth-order valence-corrected chi connectivity index (χ4v) is 2.01. The Morgan fingerprint density at radius 1 is 1.43 bits per heavy atom. The first kappa shape index (κ1) is 9.94. The number of halogens is 2. The summed E-state index contributed by atoms with van der Waals surface area (Å²) in [6.07, 6.45) is 3.42. The van der Waals surface area contributed by atoms with E-state index in [9.17, 15) is 4.39 Å². The Labute approximate surface area is 88.1 Å². The lowest BCUT2D eigenvalue weighted by Gasteiger charge is -2.31. The lowest BCUT2D eigenvalue weighted by molar-refractivity contribution is 0.260. The highest BCUT2D eigenvalue weighted by atomic mass is 35.5. The van der Waals surface area contributed by atoms with Crippen LogP contribution in [0.1, 0.15) is 30.9 Å². The van der Waals surface area contributed by atoms with Crippen molar-refractivity contribution in [3.8, 4) is 0 Å². The molecule has 0 aliphatic heterocycles. The molecule has 1 fully saturated rings. The Morgan fingerprint density at radius 3 is 2.71 bits per heavy atom. The summed E-state index contributed by atoms with van der Waals surface area (Å²) < 4.78 is 13.6. The van der Waals surface area contributed by atoms with Gasteiger partial charge in [-0.15, -0.1) is 0 Å². The van der Waals surface area contributed by atoms with Crippen molar-refractivity contribution in [3.05, 3.63) is 34.6 Å². The van der Waals surface area contributed by atoms with Crippen LogP contribution in [0, 0.1) is 11.7 Å². The van der Waals surface area contributed by atoms with Crippen LogP contribution in [-0.2, 0) is 0 Å². The number of nitrogens with two attached hydrogens (primary N) is 1. The summed E-state index contributed by atoms with van der Waals surface area (Å²) >= 11 is 5.69. The van der Waals surface area contributed by atoms with E-state index < -0.39 is 0 Å². The van der Waals surface area contributed by atoms with Gasteiger partial charge in [-0.1, -0.05) is 30.2 Å². The summed E-state index contributed by atoms with van der Waals surface area (Å²) in [5.74, 6) is 0.0801. The quantitative estimate of drug-likeness (QED) is 0.802. The molecular weight excluding hydrogens is 201 g/mol. The molecule has 1 aromatic carbocycles. The Morgan fingerprint density at radius 2 is 2.14 bits per heavy atom. The molecule has 2 N–H and O–H groups in total. The standard InChI is InChI=1S/C11H13ClFN/c12-9-6-2-5-8(10(9)13)11(14)7-3-1-4-7/h2,5-7,11H,1,3-4,14H2/t11-/m1/s1. The minimum absolute atomic E-state index is 0.164. The Balaban J connectivity index is 2.26. The maximum atomic E-state index is 13.6. The summed E-state index contributed by atoms with van der Waals surface area (Å²) in [5.41, 5.74) is 6.53. The summed E-state index contributed by atoms with van der Waals surface area (Å²) in [4.78, 5) is 0. The van der Waals surface area contributed by atoms with Gasteiger partial charge >= 0.3 is 0 Å². The molecule has 1 saturated carbocycles. The van der Waals surface area contributed by atoms with Crippen molar-refractivity contribution in [1.29, 1.82) is 0 Å². The summed E-state index contributed by atoms with van der Waals surface area (Å²) in [5, 5.41) is 0.164. The number of benzene rings is 1. The lowest BCUT2D eigenvalue weighted by Crippen LogP contribution is -2.27. The van der Waals surface area contributed by atoms with Gasteiger partial charge in [0.2, 0.25) is 0 Å². The van der Waals surface area contributed by atoms with Gasteiger partial charge in [-0.25, -0.2) is 4.39 Å². The molecule has 3 heteroatoms. The van der Waals surface area contributed by atoms with E-state index in [0.29, 0.717) is 11.5 Å². The monoisotopic (exact) mass is 213 g/mol. The van der Waals surface area contributed by atoms with Crippen molar-refractivity contribution in [3.63, 3.8) is 0 Å². The molecule has 0 heterocycles. The van der Waals surface area contributed by atoms with Gasteiger partial charge in [-0.05, 0) is 24.8 Å². The van der Waals surface area contributed by atoms with Gasteiger partial charge in [0.1, 0.15) is 5.82 Å². The number of hydrogen-bond acceptors (Lipinski definition) is 1. The van der Waals surface area contributed by atoms with Crippen LogP contribution >= 0.6 is 11.6 Å². The molecule has 14 heavy (non-hydrogen) atoms. The third-order valence-electron chi connectivity index (χ3n) is 3.00. The first-order chi connectivity index (χ1) is 6.70. The van der Waals surface area contributed by atoms with Crippen LogP contribution in [0.5, 0.6) is 0 Å². The van der Waals surface area contributed by atoms with Gasteiger partial charge in [-0.2, -0.15) is 0 Å². The smallest absolute Gasteiger partial charge is 0.146 e. The lowest BCUT2D eigenvalue weighted by atomic mass is 9.77. The molecule has 0 saturated heterocycles. The normalized spacial score (nSPS) is 19.1. The second kappa shape index (κ2) is 3.87. The maximum absolute atomic E-state index is 13.6. The average molecular weight is 214 g/mol. The van der Waals surface area contributed by atoms with Gasteiger partial charge in [0.15, 0.2) is 0 Å². The summed E-state index contributed by atoms with van der Waals surface area (Å²) in [7, 11) is 0. The topological polar surface area (TPSA) is 26.0 Å². The Hall–Kier alpha value is -0.600. The van der Waals surface area contributed by atoms with Crippen molar-refractivity contribution in [1.82, 2.24) is 0 Å². The van der Waals surface area contributed by atoms with Crippen LogP contribution in [0.3, 0.4) is 0 Å². The van der Waals surface area contributed by atoms with Crippen LogP contribution < -0.4 is 5.73 Å². The molecule has 1 aliphatic carbocycles. The first-order valence-electron chi connectivity index (χ1n) is 4.89. The average Bonchev–Trinajstić information content (AvgIpc) is 2.06. The third kappa shape index (κ3) is 1.64. The molecule has 0 radical (unpaired) electrons. The fourth-order valence-electron chi connectivity index (χ4n) is 1.83.